The second-order valence-corrected chi connectivity index (χ2v) is 6.04. The van der Waals surface area contributed by atoms with Gasteiger partial charge in [0, 0.05) is 18.3 Å². The summed E-state index contributed by atoms with van der Waals surface area (Å²) in [4.78, 5) is 12.4. The number of aryl methyl sites for hydroxylation is 1. The summed E-state index contributed by atoms with van der Waals surface area (Å²) in [7, 11) is 1.23. The minimum absolute atomic E-state index is 0.0887. The van der Waals surface area contributed by atoms with E-state index in [1.807, 2.05) is 13.8 Å². The van der Waals surface area contributed by atoms with Crippen LogP contribution in [0.4, 0.5) is 18.9 Å². The first-order valence-electron chi connectivity index (χ1n) is 7.39. The predicted molar refractivity (Wildman–Crippen MR) is 88.1 cm³/mol. The predicted octanol–water partition coefficient (Wildman–Crippen LogP) is 4.44. The van der Waals surface area contributed by atoms with E-state index in [1.54, 1.807) is 25.1 Å². The van der Waals surface area contributed by atoms with Gasteiger partial charge in [0.1, 0.15) is 16.5 Å². The number of anilines is 1. The molecule has 2 aromatic rings. The van der Waals surface area contributed by atoms with Gasteiger partial charge < -0.3 is 10.1 Å². The number of hydrogen-bond donors (Lipinski definition) is 1. The Morgan fingerprint density at radius 1 is 1.36 bits per heavy atom. The molecule has 0 radical (unpaired) electrons. The van der Waals surface area contributed by atoms with Crippen LogP contribution in [-0.2, 0) is 13.2 Å². The summed E-state index contributed by atoms with van der Waals surface area (Å²) in [5, 5.41) is 5.36. The average molecular weight is 376 g/mol. The molecule has 0 spiro atoms. The van der Waals surface area contributed by atoms with Crippen molar-refractivity contribution >= 4 is 23.2 Å². The first kappa shape index (κ1) is 19.1. The maximum absolute atomic E-state index is 13.1. The number of hydrogen-bond acceptors (Lipinski definition) is 3. The number of nitrogens with one attached hydrogen (secondary N) is 1. The Morgan fingerprint density at radius 3 is 2.56 bits per heavy atom. The molecule has 25 heavy (non-hydrogen) atoms. The number of halogens is 4. The molecule has 9 heteroatoms. The van der Waals surface area contributed by atoms with Gasteiger partial charge in [-0.05, 0) is 32.9 Å². The summed E-state index contributed by atoms with van der Waals surface area (Å²) in [5.74, 6) is -0.462. The smallest absolute Gasteiger partial charge is 0.436 e. The van der Waals surface area contributed by atoms with Crippen LogP contribution in [0, 0.1) is 6.92 Å². The van der Waals surface area contributed by atoms with E-state index < -0.39 is 28.5 Å². The molecule has 2 rings (SSSR count). The number of carbonyl (C=O) groups excluding carboxylic acids is 1. The molecule has 1 aromatic carbocycles. The Bertz CT molecular complexity index is 801. The van der Waals surface area contributed by atoms with Gasteiger partial charge in [-0.1, -0.05) is 17.7 Å². The highest BCUT2D eigenvalue weighted by atomic mass is 35.5. The lowest BCUT2D eigenvalue weighted by Gasteiger charge is -2.16. The molecule has 1 N–H and O–H groups in total. The Balaban J connectivity index is 2.39. The van der Waals surface area contributed by atoms with Gasteiger partial charge in [-0.15, -0.1) is 0 Å². The summed E-state index contributed by atoms with van der Waals surface area (Å²) in [5.41, 5.74) is -1.12. The maximum Gasteiger partial charge on any atom is 0.436 e. The largest absolute Gasteiger partial charge is 0.491 e. The fourth-order valence-corrected chi connectivity index (χ4v) is 2.43. The first-order valence-corrected chi connectivity index (χ1v) is 7.77. The standard InChI is InChI=1S/C16H17ClF3N3O2/c1-8(2)25-11-7-5-6-10(9(11)3)21-15(24)12-13(16(18,19)20)22-23(4)14(12)17/h5-8H,1-4H3,(H,21,24). The number of benzene rings is 1. The molecule has 0 bridgehead atoms. The van der Waals surface area contributed by atoms with Gasteiger partial charge in [0.2, 0.25) is 0 Å². The maximum atomic E-state index is 13.1. The van der Waals surface area contributed by atoms with E-state index in [-0.39, 0.29) is 6.10 Å². The molecule has 0 fully saturated rings. The summed E-state index contributed by atoms with van der Waals surface area (Å²) in [6, 6.07) is 4.91. The summed E-state index contributed by atoms with van der Waals surface area (Å²) in [6.45, 7) is 5.38. The van der Waals surface area contributed by atoms with Crippen LogP contribution >= 0.6 is 11.6 Å². The lowest BCUT2D eigenvalue weighted by Crippen LogP contribution is -2.19. The second kappa shape index (κ2) is 6.95. The molecule has 1 heterocycles. The lowest BCUT2D eigenvalue weighted by atomic mass is 10.1. The molecule has 0 saturated heterocycles. The Hall–Kier alpha value is -2.22. The third-order valence-corrected chi connectivity index (χ3v) is 3.80. The van der Waals surface area contributed by atoms with Gasteiger partial charge in [-0.3, -0.25) is 9.48 Å². The van der Waals surface area contributed by atoms with Gasteiger partial charge in [0.25, 0.3) is 5.91 Å². The first-order chi connectivity index (χ1) is 11.5. The number of carbonyl (C=O) groups is 1. The molecule has 0 atom stereocenters. The Morgan fingerprint density at radius 2 is 2.00 bits per heavy atom. The van der Waals surface area contributed by atoms with Crippen LogP contribution in [0.2, 0.25) is 5.15 Å². The van der Waals surface area contributed by atoms with Crippen molar-refractivity contribution in [3.8, 4) is 5.75 Å². The zero-order valence-corrected chi connectivity index (χ0v) is 14.8. The van der Waals surface area contributed by atoms with Crippen molar-refractivity contribution in [2.24, 2.45) is 7.05 Å². The van der Waals surface area contributed by atoms with Crippen LogP contribution in [0.15, 0.2) is 18.2 Å². The Kier molecular flexibility index (Phi) is 5.31. The quantitative estimate of drug-likeness (QED) is 0.859. The molecule has 0 aliphatic heterocycles. The van der Waals surface area contributed by atoms with Crippen molar-refractivity contribution in [1.29, 1.82) is 0 Å². The molecule has 0 saturated carbocycles. The van der Waals surface area contributed by atoms with Gasteiger partial charge in [-0.25, -0.2) is 0 Å². The summed E-state index contributed by atoms with van der Waals surface area (Å²) >= 11 is 5.84. The number of alkyl halides is 3. The van der Waals surface area contributed by atoms with Crippen LogP contribution in [0.1, 0.15) is 35.5 Å². The monoisotopic (exact) mass is 375 g/mol. The van der Waals surface area contributed by atoms with E-state index in [0.717, 1.165) is 4.68 Å². The number of ether oxygens (including phenoxy) is 1. The van der Waals surface area contributed by atoms with Crippen molar-refractivity contribution in [3.05, 3.63) is 40.2 Å². The zero-order valence-electron chi connectivity index (χ0n) is 14.0. The summed E-state index contributed by atoms with van der Waals surface area (Å²) in [6.07, 6.45) is -4.89. The Labute approximate surface area is 147 Å². The van der Waals surface area contributed by atoms with E-state index in [1.165, 1.54) is 7.05 Å². The van der Waals surface area contributed by atoms with Gasteiger partial charge in [0.15, 0.2) is 5.69 Å². The molecule has 0 aliphatic rings. The van der Waals surface area contributed by atoms with E-state index in [2.05, 4.69) is 10.4 Å². The zero-order chi connectivity index (χ0) is 18.9. The minimum Gasteiger partial charge on any atom is -0.491 e. The number of rotatable bonds is 4. The molecular weight excluding hydrogens is 359 g/mol. The van der Waals surface area contributed by atoms with Gasteiger partial charge >= 0.3 is 6.18 Å². The second-order valence-electron chi connectivity index (χ2n) is 5.69. The normalized spacial score (nSPS) is 11.7. The molecule has 1 amide bonds. The van der Waals surface area contributed by atoms with Crippen LogP contribution in [0.25, 0.3) is 0 Å². The topological polar surface area (TPSA) is 56.2 Å². The van der Waals surface area contributed by atoms with Crippen LogP contribution in [-0.4, -0.2) is 21.8 Å². The number of nitrogens with zero attached hydrogens (tertiary/aromatic N) is 2. The van der Waals surface area contributed by atoms with Crippen molar-refractivity contribution in [2.75, 3.05) is 5.32 Å². The highest BCUT2D eigenvalue weighted by Gasteiger charge is 2.41. The third-order valence-electron chi connectivity index (χ3n) is 3.37. The SMILES string of the molecule is Cc1c(NC(=O)c2c(C(F)(F)F)nn(C)c2Cl)cccc1OC(C)C. The number of amides is 1. The van der Waals surface area contributed by atoms with Crippen LogP contribution < -0.4 is 10.1 Å². The van der Waals surface area contributed by atoms with Crippen LogP contribution in [0.5, 0.6) is 5.75 Å². The van der Waals surface area contributed by atoms with Crippen LogP contribution in [0.3, 0.4) is 0 Å². The molecule has 136 valence electrons. The van der Waals surface area contributed by atoms with E-state index in [0.29, 0.717) is 17.0 Å². The third kappa shape index (κ3) is 4.07. The van der Waals surface area contributed by atoms with Crippen molar-refractivity contribution in [1.82, 2.24) is 9.78 Å². The fraction of sp³-hybridized carbons (Fsp3) is 0.375. The van der Waals surface area contributed by atoms with E-state index in [4.69, 9.17) is 16.3 Å². The molecule has 0 unspecified atom stereocenters. The molecule has 1 aromatic heterocycles. The van der Waals surface area contributed by atoms with E-state index in [9.17, 15) is 18.0 Å². The number of aromatic nitrogens is 2. The van der Waals surface area contributed by atoms with Gasteiger partial charge in [0.05, 0.1) is 6.10 Å². The highest BCUT2D eigenvalue weighted by Crippen LogP contribution is 2.35. The minimum atomic E-state index is -4.80. The van der Waals surface area contributed by atoms with Crippen molar-refractivity contribution in [3.63, 3.8) is 0 Å². The average Bonchev–Trinajstić information content (AvgIpc) is 2.79. The van der Waals surface area contributed by atoms with Crippen molar-refractivity contribution in [2.45, 2.75) is 33.1 Å². The van der Waals surface area contributed by atoms with Crippen molar-refractivity contribution < 1.29 is 22.7 Å². The lowest BCUT2D eigenvalue weighted by molar-refractivity contribution is -0.141. The van der Waals surface area contributed by atoms with E-state index >= 15 is 0 Å². The molecule has 5 nitrogen and oxygen atoms in total. The fourth-order valence-electron chi connectivity index (χ4n) is 2.22. The van der Waals surface area contributed by atoms with Gasteiger partial charge in [-0.2, -0.15) is 18.3 Å². The molecular formula is C16H17ClF3N3O2. The highest BCUT2D eigenvalue weighted by molar-refractivity contribution is 6.33. The molecule has 0 aliphatic carbocycles. The summed E-state index contributed by atoms with van der Waals surface area (Å²) < 4.78 is 45.7.